The van der Waals surface area contributed by atoms with Gasteiger partial charge >= 0.3 is 6.18 Å². The minimum atomic E-state index is -4.44. The molecule has 1 aromatic carbocycles. The van der Waals surface area contributed by atoms with Crippen molar-refractivity contribution in [2.24, 2.45) is 0 Å². The smallest absolute Gasteiger partial charge is 0.408 e. The Morgan fingerprint density at radius 3 is 2.24 bits per heavy atom. The Kier molecular flexibility index (Phi) is 5.62. The van der Waals surface area contributed by atoms with Crippen LogP contribution in [0.4, 0.5) is 13.2 Å². The Labute approximate surface area is 145 Å². The van der Waals surface area contributed by atoms with Crippen LogP contribution in [-0.2, 0) is 0 Å². The molecule has 0 amide bonds. The molecule has 0 aromatic heterocycles. The minimum Gasteiger partial charge on any atom is -0.506 e. The molecule has 2 N–H and O–H groups in total. The molecule has 118 valence electrons. The van der Waals surface area contributed by atoms with E-state index >= 15 is 0 Å². The predicted molar refractivity (Wildman–Crippen MR) is 84.4 cm³/mol. The molecule has 1 fully saturated rings. The van der Waals surface area contributed by atoms with E-state index in [1.54, 1.807) is 0 Å². The molecule has 1 atom stereocenters. The average molecular weight is 497 g/mol. The highest BCUT2D eigenvalue weighted by Gasteiger charge is 2.47. The summed E-state index contributed by atoms with van der Waals surface area (Å²) in [4.78, 5) is 1.37. The number of halogens is 6. The van der Waals surface area contributed by atoms with Gasteiger partial charge in [-0.2, -0.15) is 13.2 Å². The lowest BCUT2D eigenvalue weighted by molar-refractivity contribution is -0.188. The van der Waals surface area contributed by atoms with Crippen molar-refractivity contribution in [2.45, 2.75) is 12.2 Å². The second-order valence-electron chi connectivity index (χ2n) is 4.65. The zero-order chi connectivity index (χ0) is 15.8. The van der Waals surface area contributed by atoms with E-state index < -0.39 is 12.2 Å². The number of piperazine rings is 1. The molecule has 21 heavy (non-hydrogen) atoms. The molecule has 0 bridgehead atoms. The summed E-state index contributed by atoms with van der Waals surface area (Å²) in [7, 11) is 0. The Hall–Kier alpha value is 0.170. The van der Waals surface area contributed by atoms with Crippen LogP contribution in [0.25, 0.3) is 0 Å². The van der Waals surface area contributed by atoms with Gasteiger partial charge in [0.1, 0.15) is 11.8 Å². The SMILES string of the molecule is Oc1c(Br)cc(Br)c([C@H](N2CCNCC2)C(F)(F)F)c1Br. The second-order valence-corrected chi connectivity index (χ2v) is 7.15. The van der Waals surface area contributed by atoms with Crippen molar-refractivity contribution in [1.29, 1.82) is 0 Å². The number of hydrogen-bond donors (Lipinski definition) is 2. The molecular formula is C12H12Br3F3N2O. The number of nitrogens with one attached hydrogen (secondary N) is 1. The Morgan fingerprint density at radius 2 is 1.71 bits per heavy atom. The molecule has 0 spiro atoms. The van der Waals surface area contributed by atoms with E-state index in [1.165, 1.54) is 11.0 Å². The molecule has 1 aliphatic rings. The van der Waals surface area contributed by atoms with E-state index in [2.05, 4.69) is 53.1 Å². The molecular weight excluding hydrogens is 485 g/mol. The van der Waals surface area contributed by atoms with Crippen LogP contribution in [0.15, 0.2) is 19.5 Å². The quantitative estimate of drug-likeness (QED) is 0.644. The van der Waals surface area contributed by atoms with Crippen LogP contribution in [0.2, 0.25) is 0 Å². The van der Waals surface area contributed by atoms with Crippen molar-refractivity contribution in [1.82, 2.24) is 10.2 Å². The lowest BCUT2D eigenvalue weighted by atomic mass is 10.0. The van der Waals surface area contributed by atoms with E-state index in [4.69, 9.17) is 0 Å². The van der Waals surface area contributed by atoms with Crippen LogP contribution in [0.5, 0.6) is 5.75 Å². The maximum Gasteiger partial charge on any atom is 0.408 e. The van der Waals surface area contributed by atoms with E-state index in [-0.39, 0.29) is 15.8 Å². The standard InChI is InChI=1S/C12H12Br3F3N2O/c13-6-5-7(14)10(21)9(15)8(6)11(12(16,17)18)20-3-1-19-2-4-20/h5,11,19,21H,1-4H2/t11-/m0/s1. The van der Waals surface area contributed by atoms with Crippen molar-refractivity contribution < 1.29 is 18.3 Å². The van der Waals surface area contributed by atoms with Crippen LogP contribution in [0.1, 0.15) is 11.6 Å². The number of rotatable bonds is 2. The third kappa shape index (κ3) is 3.74. The largest absolute Gasteiger partial charge is 0.506 e. The van der Waals surface area contributed by atoms with Crippen LogP contribution in [-0.4, -0.2) is 42.4 Å². The predicted octanol–water partition coefficient (Wildman–Crippen LogP) is 4.19. The van der Waals surface area contributed by atoms with Gasteiger partial charge in [0.15, 0.2) is 0 Å². The van der Waals surface area contributed by atoms with Gasteiger partial charge in [-0.1, -0.05) is 15.9 Å². The first-order chi connectivity index (χ1) is 9.73. The van der Waals surface area contributed by atoms with Crippen molar-refractivity contribution >= 4 is 47.8 Å². The number of hydrogen-bond acceptors (Lipinski definition) is 3. The topological polar surface area (TPSA) is 35.5 Å². The molecule has 0 unspecified atom stereocenters. The van der Waals surface area contributed by atoms with E-state index in [0.29, 0.717) is 35.1 Å². The summed E-state index contributed by atoms with van der Waals surface area (Å²) in [6.07, 6.45) is -4.44. The fourth-order valence-electron chi connectivity index (χ4n) is 2.34. The fraction of sp³-hybridized carbons (Fsp3) is 0.500. The van der Waals surface area contributed by atoms with Gasteiger partial charge in [0.05, 0.1) is 8.95 Å². The Morgan fingerprint density at radius 1 is 1.14 bits per heavy atom. The molecule has 9 heteroatoms. The van der Waals surface area contributed by atoms with E-state index in [9.17, 15) is 18.3 Å². The van der Waals surface area contributed by atoms with Gasteiger partial charge < -0.3 is 10.4 Å². The number of phenols is 1. The summed E-state index contributed by atoms with van der Waals surface area (Å²) in [6.45, 7) is 1.59. The summed E-state index contributed by atoms with van der Waals surface area (Å²) < 4.78 is 41.4. The van der Waals surface area contributed by atoms with Gasteiger partial charge in [0.25, 0.3) is 0 Å². The van der Waals surface area contributed by atoms with Gasteiger partial charge in [-0.3, -0.25) is 4.90 Å². The first-order valence-corrected chi connectivity index (χ1v) is 8.49. The van der Waals surface area contributed by atoms with Crippen molar-refractivity contribution in [3.05, 3.63) is 25.0 Å². The monoisotopic (exact) mass is 494 g/mol. The van der Waals surface area contributed by atoms with Gasteiger partial charge in [-0.05, 0) is 37.9 Å². The van der Waals surface area contributed by atoms with Crippen molar-refractivity contribution in [3.63, 3.8) is 0 Å². The van der Waals surface area contributed by atoms with Crippen molar-refractivity contribution in [3.8, 4) is 5.75 Å². The van der Waals surface area contributed by atoms with E-state index in [1.807, 2.05) is 0 Å². The molecule has 0 aliphatic carbocycles. The highest BCUT2D eigenvalue weighted by atomic mass is 79.9. The van der Waals surface area contributed by atoms with E-state index in [0.717, 1.165) is 0 Å². The zero-order valence-corrected chi connectivity index (χ0v) is 15.4. The molecule has 1 saturated heterocycles. The first-order valence-electron chi connectivity index (χ1n) is 6.11. The highest BCUT2D eigenvalue weighted by Crippen LogP contribution is 2.48. The lowest BCUT2D eigenvalue weighted by Crippen LogP contribution is -2.49. The van der Waals surface area contributed by atoms with Gasteiger partial charge in [-0.15, -0.1) is 0 Å². The summed E-state index contributed by atoms with van der Waals surface area (Å²) in [5.41, 5.74) is -0.00917. The fourth-order valence-corrected chi connectivity index (χ4v) is 4.89. The summed E-state index contributed by atoms with van der Waals surface area (Å²) in [5.74, 6) is -0.238. The molecule has 1 aromatic rings. The highest BCUT2D eigenvalue weighted by molar-refractivity contribution is 9.11. The number of benzene rings is 1. The molecule has 3 nitrogen and oxygen atoms in total. The zero-order valence-electron chi connectivity index (χ0n) is 10.6. The molecule has 1 aliphatic heterocycles. The maximum absolute atomic E-state index is 13.6. The average Bonchev–Trinajstić information content (AvgIpc) is 2.40. The maximum atomic E-state index is 13.6. The van der Waals surface area contributed by atoms with Gasteiger partial charge in [0, 0.05) is 36.2 Å². The van der Waals surface area contributed by atoms with Gasteiger partial charge in [0.2, 0.25) is 0 Å². The van der Waals surface area contributed by atoms with Crippen LogP contribution in [0, 0.1) is 0 Å². The molecule has 0 saturated carbocycles. The minimum absolute atomic E-state index is 0.00917. The third-order valence-electron chi connectivity index (χ3n) is 3.28. The van der Waals surface area contributed by atoms with Crippen LogP contribution in [0.3, 0.4) is 0 Å². The van der Waals surface area contributed by atoms with Crippen molar-refractivity contribution in [2.75, 3.05) is 26.2 Å². The normalized spacial score (nSPS) is 18.8. The van der Waals surface area contributed by atoms with Crippen LogP contribution >= 0.6 is 47.8 Å². The number of phenolic OH excluding ortho intramolecular Hbond substituents is 1. The summed E-state index contributed by atoms with van der Waals surface area (Å²) >= 11 is 9.38. The lowest BCUT2D eigenvalue weighted by Gasteiger charge is -2.37. The Balaban J connectivity index is 2.54. The summed E-state index contributed by atoms with van der Waals surface area (Å²) in [5, 5.41) is 12.9. The first kappa shape index (κ1) is 17.5. The number of aromatic hydroxyl groups is 1. The van der Waals surface area contributed by atoms with Gasteiger partial charge in [-0.25, -0.2) is 0 Å². The third-order valence-corrected chi connectivity index (χ3v) is 5.34. The summed E-state index contributed by atoms with van der Waals surface area (Å²) in [6, 6.07) is -0.349. The number of alkyl halides is 3. The molecule has 0 radical (unpaired) electrons. The second kappa shape index (κ2) is 6.74. The molecule has 2 rings (SSSR count). The van der Waals surface area contributed by atoms with Crippen LogP contribution < -0.4 is 5.32 Å². The molecule has 1 heterocycles. The Bertz CT molecular complexity index is 533. The number of nitrogens with zero attached hydrogens (tertiary/aromatic N) is 1.